The predicted molar refractivity (Wildman–Crippen MR) is 115 cm³/mol. The van der Waals surface area contributed by atoms with Crippen molar-refractivity contribution in [2.75, 3.05) is 19.6 Å². The number of rotatable bonds is 4. The lowest BCUT2D eigenvalue weighted by Crippen LogP contribution is -2.40. The van der Waals surface area contributed by atoms with Gasteiger partial charge in [0.05, 0.1) is 23.7 Å². The highest BCUT2D eigenvalue weighted by Gasteiger charge is 2.31. The molecule has 6 nitrogen and oxygen atoms in total. The Balaban J connectivity index is 1.50. The molecule has 3 heterocycles. The standard InChI is InChI=1S/C24H29FN4O2/c1-17-20(24(31)28-12-4-2-5-13-28)16-26-23(27-17)21-7-3-6-14-29(21)22(30)15-18-8-10-19(25)11-9-18/h8-11,16,21H,2-7,12-15H2,1H3/t21-/m0/s1. The summed E-state index contributed by atoms with van der Waals surface area (Å²) in [5, 5.41) is 0. The van der Waals surface area contributed by atoms with E-state index in [2.05, 4.69) is 9.97 Å². The normalized spacial score (nSPS) is 19.4. The van der Waals surface area contributed by atoms with Gasteiger partial charge in [-0.2, -0.15) is 0 Å². The van der Waals surface area contributed by atoms with Crippen LogP contribution in [0.3, 0.4) is 0 Å². The molecular formula is C24H29FN4O2. The number of aromatic nitrogens is 2. The fourth-order valence-electron chi connectivity index (χ4n) is 4.50. The molecular weight excluding hydrogens is 395 g/mol. The molecule has 0 unspecified atom stereocenters. The molecule has 0 spiro atoms. The molecule has 4 rings (SSSR count). The van der Waals surface area contributed by atoms with E-state index in [-0.39, 0.29) is 30.1 Å². The molecule has 0 bridgehead atoms. The Morgan fingerprint density at radius 3 is 2.45 bits per heavy atom. The number of carbonyl (C=O) groups excluding carboxylic acids is 2. The van der Waals surface area contributed by atoms with Crippen LogP contribution in [0.5, 0.6) is 0 Å². The molecule has 0 N–H and O–H groups in total. The van der Waals surface area contributed by atoms with E-state index < -0.39 is 0 Å². The van der Waals surface area contributed by atoms with E-state index in [1.54, 1.807) is 18.3 Å². The number of nitrogens with zero attached hydrogens (tertiary/aromatic N) is 4. The van der Waals surface area contributed by atoms with Crippen LogP contribution in [0.15, 0.2) is 30.5 Å². The van der Waals surface area contributed by atoms with Gasteiger partial charge in [-0.05, 0) is 63.1 Å². The van der Waals surface area contributed by atoms with Gasteiger partial charge in [0, 0.05) is 25.8 Å². The molecule has 0 radical (unpaired) electrons. The second-order valence-corrected chi connectivity index (χ2v) is 8.48. The maximum absolute atomic E-state index is 13.2. The molecule has 1 aromatic carbocycles. The van der Waals surface area contributed by atoms with Crippen LogP contribution in [0, 0.1) is 12.7 Å². The zero-order chi connectivity index (χ0) is 21.8. The van der Waals surface area contributed by atoms with Gasteiger partial charge in [0.2, 0.25) is 5.91 Å². The first-order valence-corrected chi connectivity index (χ1v) is 11.2. The van der Waals surface area contributed by atoms with E-state index in [4.69, 9.17) is 0 Å². The Morgan fingerprint density at radius 1 is 1.03 bits per heavy atom. The summed E-state index contributed by atoms with van der Waals surface area (Å²) in [7, 11) is 0. The van der Waals surface area contributed by atoms with Crippen LogP contribution in [-0.4, -0.2) is 51.2 Å². The summed E-state index contributed by atoms with van der Waals surface area (Å²) >= 11 is 0. The van der Waals surface area contributed by atoms with Crippen molar-refractivity contribution in [3.63, 3.8) is 0 Å². The maximum atomic E-state index is 13.2. The first-order chi connectivity index (χ1) is 15.0. The monoisotopic (exact) mass is 424 g/mol. The smallest absolute Gasteiger partial charge is 0.257 e. The van der Waals surface area contributed by atoms with Gasteiger partial charge in [-0.3, -0.25) is 9.59 Å². The fourth-order valence-corrected chi connectivity index (χ4v) is 4.50. The summed E-state index contributed by atoms with van der Waals surface area (Å²) in [6, 6.07) is 5.85. The minimum absolute atomic E-state index is 0.00311. The highest BCUT2D eigenvalue weighted by molar-refractivity contribution is 5.95. The highest BCUT2D eigenvalue weighted by atomic mass is 19.1. The number of hydrogen-bond donors (Lipinski definition) is 0. The first kappa shape index (κ1) is 21.4. The number of halogens is 1. The Labute approximate surface area is 182 Å². The summed E-state index contributed by atoms with van der Waals surface area (Å²) in [6.45, 7) is 4.07. The van der Waals surface area contributed by atoms with Crippen molar-refractivity contribution in [3.05, 3.63) is 58.9 Å². The van der Waals surface area contributed by atoms with Crippen molar-refractivity contribution < 1.29 is 14.0 Å². The summed E-state index contributed by atoms with van der Waals surface area (Å²) in [6.07, 6.45) is 7.84. The molecule has 7 heteroatoms. The van der Waals surface area contributed by atoms with Crippen LogP contribution in [0.4, 0.5) is 4.39 Å². The Kier molecular flexibility index (Phi) is 6.59. The van der Waals surface area contributed by atoms with Crippen molar-refractivity contribution in [1.82, 2.24) is 19.8 Å². The van der Waals surface area contributed by atoms with Crippen LogP contribution in [0.25, 0.3) is 0 Å². The third kappa shape index (κ3) is 4.92. The fraction of sp³-hybridized carbons (Fsp3) is 0.500. The van der Waals surface area contributed by atoms with Crippen LogP contribution in [0.2, 0.25) is 0 Å². The van der Waals surface area contributed by atoms with Crippen LogP contribution >= 0.6 is 0 Å². The number of hydrogen-bond acceptors (Lipinski definition) is 4. The lowest BCUT2D eigenvalue weighted by Gasteiger charge is -2.35. The zero-order valence-corrected chi connectivity index (χ0v) is 18.0. The van der Waals surface area contributed by atoms with E-state index in [9.17, 15) is 14.0 Å². The van der Waals surface area contributed by atoms with Gasteiger partial charge in [0.15, 0.2) is 5.82 Å². The molecule has 2 saturated heterocycles. The third-order valence-corrected chi connectivity index (χ3v) is 6.26. The van der Waals surface area contributed by atoms with E-state index in [0.29, 0.717) is 23.6 Å². The van der Waals surface area contributed by atoms with E-state index in [1.165, 1.54) is 18.6 Å². The number of amides is 2. The average molecular weight is 425 g/mol. The molecule has 1 atom stereocenters. The molecule has 2 aliphatic rings. The van der Waals surface area contributed by atoms with Crippen molar-refractivity contribution in [2.45, 2.75) is 57.9 Å². The van der Waals surface area contributed by atoms with E-state index in [0.717, 1.165) is 50.8 Å². The van der Waals surface area contributed by atoms with Gasteiger partial charge in [0.1, 0.15) is 5.82 Å². The largest absolute Gasteiger partial charge is 0.339 e. The van der Waals surface area contributed by atoms with Gasteiger partial charge in [-0.25, -0.2) is 14.4 Å². The Morgan fingerprint density at radius 2 is 1.74 bits per heavy atom. The average Bonchev–Trinajstić information content (AvgIpc) is 2.80. The summed E-state index contributed by atoms with van der Waals surface area (Å²) in [4.78, 5) is 38.8. The molecule has 2 aliphatic heterocycles. The molecule has 2 aromatic rings. The lowest BCUT2D eigenvalue weighted by atomic mass is 9.99. The van der Waals surface area contributed by atoms with Gasteiger partial charge in [-0.1, -0.05) is 12.1 Å². The van der Waals surface area contributed by atoms with E-state index in [1.807, 2.05) is 16.7 Å². The Hall–Kier alpha value is -2.83. The second-order valence-electron chi connectivity index (χ2n) is 8.48. The van der Waals surface area contributed by atoms with Gasteiger partial charge < -0.3 is 9.80 Å². The van der Waals surface area contributed by atoms with Gasteiger partial charge in [0.25, 0.3) is 5.91 Å². The van der Waals surface area contributed by atoms with Crippen molar-refractivity contribution in [1.29, 1.82) is 0 Å². The second kappa shape index (κ2) is 9.54. The molecule has 2 fully saturated rings. The predicted octanol–water partition coefficient (Wildman–Crippen LogP) is 3.85. The van der Waals surface area contributed by atoms with Crippen LogP contribution in [0.1, 0.15) is 72.0 Å². The first-order valence-electron chi connectivity index (χ1n) is 11.2. The van der Waals surface area contributed by atoms with Gasteiger partial charge >= 0.3 is 0 Å². The summed E-state index contributed by atoms with van der Waals surface area (Å²) in [5.74, 6) is 0.276. The minimum atomic E-state index is -0.310. The Bertz CT molecular complexity index is 941. The van der Waals surface area contributed by atoms with Gasteiger partial charge in [-0.15, -0.1) is 0 Å². The van der Waals surface area contributed by atoms with Crippen LogP contribution < -0.4 is 0 Å². The molecule has 2 amide bonds. The molecule has 1 aromatic heterocycles. The third-order valence-electron chi connectivity index (χ3n) is 6.26. The quantitative estimate of drug-likeness (QED) is 0.748. The van der Waals surface area contributed by atoms with Crippen molar-refractivity contribution in [2.24, 2.45) is 0 Å². The van der Waals surface area contributed by atoms with E-state index >= 15 is 0 Å². The number of likely N-dealkylation sites (tertiary alicyclic amines) is 2. The van der Waals surface area contributed by atoms with Crippen molar-refractivity contribution >= 4 is 11.8 Å². The topological polar surface area (TPSA) is 66.4 Å². The number of benzene rings is 1. The zero-order valence-electron chi connectivity index (χ0n) is 18.0. The minimum Gasteiger partial charge on any atom is -0.339 e. The molecule has 0 saturated carbocycles. The highest BCUT2D eigenvalue weighted by Crippen LogP contribution is 2.30. The lowest BCUT2D eigenvalue weighted by molar-refractivity contribution is -0.134. The maximum Gasteiger partial charge on any atom is 0.257 e. The van der Waals surface area contributed by atoms with Crippen LogP contribution in [-0.2, 0) is 11.2 Å². The SMILES string of the molecule is Cc1nc([C@@H]2CCCCN2C(=O)Cc2ccc(F)cc2)ncc1C(=O)N1CCCCC1. The summed E-state index contributed by atoms with van der Waals surface area (Å²) < 4.78 is 13.2. The molecule has 31 heavy (non-hydrogen) atoms. The summed E-state index contributed by atoms with van der Waals surface area (Å²) in [5.41, 5.74) is 2.00. The molecule has 164 valence electrons. The number of aryl methyl sites for hydroxylation is 1. The number of piperidine rings is 2. The number of carbonyl (C=O) groups is 2. The van der Waals surface area contributed by atoms with Crippen molar-refractivity contribution in [3.8, 4) is 0 Å². The molecule has 0 aliphatic carbocycles.